The zero-order valence-electron chi connectivity index (χ0n) is 18.7. The van der Waals surface area contributed by atoms with Gasteiger partial charge in [0.25, 0.3) is 0 Å². The molecule has 0 unspecified atom stereocenters. The molecule has 4 aromatic rings. The van der Waals surface area contributed by atoms with Crippen LogP contribution in [0.25, 0.3) is 0 Å². The van der Waals surface area contributed by atoms with E-state index in [0.717, 1.165) is 46.8 Å². The van der Waals surface area contributed by atoms with E-state index >= 15 is 0 Å². The van der Waals surface area contributed by atoms with Gasteiger partial charge < -0.3 is 0 Å². The molecule has 0 aliphatic carbocycles. The summed E-state index contributed by atoms with van der Waals surface area (Å²) >= 11 is 0. The van der Waals surface area contributed by atoms with Gasteiger partial charge in [-0.3, -0.25) is 20.0 Å². The highest BCUT2D eigenvalue weighted by atomic mass is 14.8. The van der Waals surface area contributed by atoms with E-state index in [1.807, 2.05) is 60.9 Å². The molecule has 33 heavy (non-hydrogen) atoms. The highest BCUT2D eigenvalue weighted by Gasteiger charge is 2.11. The number of aromatic nitrogens is 2. The minimum atomic E-state index is 0.679. The summed E-state index contributed by atoms with van der Waals surface area (Å²) in [6, 6.07) is 32.8. The first kappa shape index (κ1) is 22.3. The Morgan fingerprint density at radius 2 is 0.939 bits per heavy atom. The fourth-order valence-corrected chi connectivity index (χ4v) is 3.62. The lowest BCUT2D eigenvalue weighted by atomic mass is 9.99. The van der Waals surface area contributed by atoms with Gasteiger partial charge in [0.05, 0.1) is 0 Å². The second-order valence-corrected chi connectivity index (χ2v) is 7.71. The van der Waals surface area contributed by atoms with Crippen LogP contribution in [0.5, 0.6) is 0 Å². The SMILES string of the molecule is c1ccc(C(CC(=NCCc2ccccn2)c2ccccc2)=NCCc2ccccn2)cc1. The van der Waals surface area contributed by atoms with Crippen molar-refractivity contribution in [3.8, 4) is 0 Å². The van der Waals surface area contributed by atoms with Gasteiger partial charge in [-0.05, 0) is 35.4 Å². The molecule has 164 valence electrons. The van der Waals surface area contributed by atoms with Crippen molar-refractivity contribution in [1.29, 1.82) is 0 Å². The average Bonchev–Trinajstić information content (AvgIpc) is 2.89. The lowest BCUT2D eigenvalue weighted by Crippen LogP contribution is -2.13. The van der Waals surface area contributed by atoms with Crippen molar-refractivity contribution >= 4 is 11.4 Å². The van der Waals surface area contributed by atoms with E-state index in [1.54, 1.807) is 0 Å². The maximum Gasteiger partial charge on any atom is 0.0480 e. The van der Waals surface area contributed by atoms with Crippen molar-refractivity contribution < 1.29 is 0 Å². The number of hydrogen-bond donors (Lipinski definition) is 0. The van der Waals surface area contributed by atoms with Gasteiger partial charge in [0.1, 0.15) is 0 Å². The van der Waals surface area contributed by atoms with Crippen LogP contribution < -0.4 is 0 Å². The Hall–Kier alpha value is -3.92. The Bertz CT molecular complexity index is 1060. The highest BCUT2D eigenvalue weighted by Crippen LogP contribution is 2.12. The molecular weight excluding hydrogens is 404 g/mol. The number of rotatable bonds is 10. The summed E-state index contributed by atoms with van der Waals surface area (Å²) in [5.41, 5.74) is 6.47. The molecule has 0 fully saturated rings. The van der Waals surface area contributed by atoms with Crippen LogP contribution in [0.1, 0.15) is 28.9 Å². The fourth-order valence-electron chi connectivity index (χ4n) is 3.62. The van der Waals surface area contributed by atoms with E-state index in [4.69, 9.17) is 9.98 Å². The van der Waals surface area contributed by atoms with Crippen LogP contribution in [0.2, 0.25) is 0 Å². The quantitative estimate of drug-likeness (QED) is 0.305. The molecule has 4 heteroatoms. The Morgan fingerprint density at radius 3 is 1.33 bits per heavy atom. The number of hydrogen-bond acceptors (Lipinski definition) is 4. The Kier molecular flexibility index (Phi) is 8.24. The summed E-state index contributed by atoms with van der Waals surface area (Å²) in [4.78, 5) is 18.9. The third kappa shape index (κ3) is 7.04. The first-order valence-electron chi connectivity index (χ1n) is 11.4. The van der Waals surface area contributed by atoms with Gasteiger partial charge in [0.2, 0.25) is 0 Å². The van der Waals surface area contributed by atoms with E-state index in [9.17, 15) is 0 Å². The third-order valence-electron chi connectivity index (χ3n) is 5.34. The molecule has 0 bridgehead atoms. The zero-order valence-corrected chi connectivity index (χ0v) is 18.7. The highest BCUT2D eigenvalue weighted by molar-refractivity contribution is 6.17. The molecule has 2 heterocycles. The summed E-state index contributed by atoms with van der Waals surface area (Å²) in [5.74, 6) is 0. The predicted octanol–water partition coefficient (Wildman–Crippen LogP) is 5.63. The van der Waals surface area contributed by atoms with Gasteiger partial charge in [0.15, 0.2) is 0 Å². The molecule has 0 aliphatic heterocycles. The first-order valence-corrected chi connectivity index (χ1v) is 11.4. The van der Waals surface area contributed by atoms with Crippen molar-refractivity contribution in [3.05, 3.63) is 132 Å². The van der Waals surface area contributed by atoms with E-state index in [0.29, 0.717) is 19.5 Å². The van der Waals surface area contributed by atoms with Crippen molar-refractivity contribution in [1.82, 2.24) is 9.97 Å². The number of pyridine rings is 2. The molecule has 2 aromatic carbocycles. The topological polar surface area (TPSA) is 50.5 Å². The average molecular weight is 433 g/mol. The fraction of sp³-hybridized carbons (Fsp3) is 0.172. The molecule has 4 rings (SSSR count). The molecular formula is C29H28N4. The van der Waals surface area contributed by atoms with Crippen LogP contribution in [0.3, 0.4) is 0 Å². The van der Waals surface area contributed by atoms with Gasteiger partial charge in [-0.15, -0.1) is 0 Å². The van der Waals surface area contributed by atoms with Gasteiger partial charge in [0, 0.05) is 67.6 Å². The smallest absolute Gasteiger partial charge is 0.0480 e. The van der Waals surface area contributed by atoms with Gasteiger partial charge in [-0.1, -0.05) is 72.8 Å². The van der Waals surface area contributed by atoms with Crippen LogP contribution >= 0.6 is 0 Å². The molecule has 0 aliphatic rings. The molecule has 0 spiro atoms. The lowest BCUT2D eigenvalue weighted by Gasteiger charge is -2.11. The third-order valence-corrected chi connectivity index (χ3v) is 5.34. The Labute approximate surface area is 195 Å². The molecule has 0 amide bonds. The summed E-state index contributed by atoms with van der Waals surface area (Å²) in [6.07, 6.45) is 5.97. The van der Waals surface area contributed by atoms with Crippen LogP contribution in [-0.2, 0) is 12.8 Å². The van der Waals surface area contributed by atoms with E-state index in [2.05, 4.69) is 58.5 Å². The number of benzene rings is 2. The van der Waals surface area contributed by atoms with Crippen molar-refractivity contribution in [2.24, 2.45) is 9.98 Å². The largest absolute Gasteiger partial charge is 0.288 e. The zero-order chi connectivity index (χ0) is 22.6. The molecule has 0 saturated carbocycles. The van der Waals surface area contributed by atoms with Crippen molar-refractivity contribution in [2.75, 3.05) is 13.1 Å². The van der Waals surface area contributed by atoms with Crippen molar-refractivity contribution in [2.45, 2.75) is 19.3 Å². The van der Waals surface area contributed by atoms with E-state index in [1.165, 1.54) is 0 Å². The van der Waals surface area contributed by atoms with Gasteiger partial charge in [-0.2, -0.15) is 0 Å². The number of nitrogens with zero attached hydrogens (tertiary/aromatic N) is 4. The summed E-state index contributed by atoms with van der Waals surface area (Å²) in [5, 5.41) is 0. The maximum atomic E-state index is 5.00. The van der Waals surface area contributed by atoms with Gasteiger partial charge >= 0.3 is 0 Å². The first-order chi connectivity index (χ1) is 16.4. The molecule has 2 aromatic heterocycles. The Balaban J connectivity index is 1.56. The molecule has 0 atom stereocenters. The monoisotopic (exact) mass is 432 g/mol. The lowest BCUT2D eigenvalue weighted by molar-refractivity contribution is 0.916. The van der Waals surface area contributed by atoms with Crippen molar-refractivity contribution in [3.63, 3.8) is 0 Å². The van der Waals surface area contributed by atoms with E-state index in [-0.39, 0.29) is 0 Å². The normalized spacial score (nSPS) is 12.0. The second kappa shape index (κ2) is 12.2. The predicted molar refractivity (Wildman–Crippen MR) is 136 cm³/mol. The van der Waals surface area contributed by atoms with Crippen LogP contribution in [-0.4, -0.2) is 34.5 Å². The van der Waals surface area contributed by atoms with Crippen LogP contribution in [0.4, 0.5) is 0 Å². The van der Waals surface area contributed by atoms with Crippen LogP contribution in [0.15, 0.2) is 119 Å². The summed E-state index contributed by atoms with van der Waals surface area (Å²) in [6.45, 7) is 1.38. The summed E-state index contributed by atoms with van der Waals surface area (Å²) in [7, 11) is 0. The molecule has 0 saturated heterocycles. The Morgan fingerprint density at radius 1 is 0.515 bits per heavy atom. The maximum absolute atomic E-state index is 5.00. The molecule has 0 N–H and O–H groups in total. The summed E-state index contributed by atoms with van der Waals surface area (Å²) < 4.78 is 0. The van der Waals surface area contributed by atoms with E-state index < -0.39 is 0 Å². The molecule has 4 nitrogen and oxygen atoms in total. The second-order valence-electron chi connectivity index (χ2n) is 7.71. The van der Waals surface area contributed by atoms with Crippen LogP contribution in [0, 0.1) is 0 Å². The standard InChI is InChI=1S/C29H28N4/c1-3-11-24(12-4-1)28(32-21-17-26-15-7-9-19-30-26)23-29(25-13-5-2-6-14-25)33-22-18-27-16-8-10-20-31-27/h1-16,19-20H,17-18,21-23H2. The minimum absolute atomic E-state index is 0.679. The minimum Gasteiger partial charge on any atom is -0.288 e. The number of aliphatic imine (C=N–C) groups is 2. The van der Waals surface area contributed by atoms with Gasteiger partial charge in [-0.25, -0.2) is 0 Å². The molecule has 0 radical (unpaired) electrons.